The average Bonchev–Trinajstić information content (AvgIpc) is 2.70. The molecule has 0 saturated carbocycles. The molecule has 0 aromatic heterocycles. The second-order valence-corrected chi connectivity index (χ2v) is 5.34. The summed E-state index contributed by atoms with van der Waals surface area (Å²) in [5.41, 5.74) is 1.76. The first kappa shape index (κ1) is 12.9. The molecule has 1 aliphatic rings. The average molecular weight is 331 g/mol. The predicted molar refractivity (Wildman–Crippen MR) is 79.6 cm³/mol. The van der Waals surface area contributed by atoms with Gasteiger partial charge in [0.2, 0.25) is 0 Å². The van der Waals surface area contributed by atoms with E-state index in [1.807, 2.05) is 30.3 Å². The molecule has 1 N–H and O–H groups in total. The van der Waals surface area contributed by atoms with Gasteiger partial charge in [0.15, 0.2) is 0 Å². The van der Waals surface area contributed by atoms with Crippen LogP contribution in [0.1, 0.15) is 20.7 Å². The van der Waals surface area contributed by atoms with Crippen molar-refractivity contribution in [1.82, 2.24) is 4.90 Å². The number of carbonyl (C=O) groups excluding carboxylic acids is 2. The third-order valence-corrected chi connectivity index (χ3v) is 3.64. The number of hydrogen-bond donors (Lipinski definition) is 1. The molecule has 0 unspecified atom stereocenters. The van der Waals surface area contributed by atoms with Crippen molar-refractivity contribution in [1.29, 1.82) is 0 Å². The van der Waals surface area contributed by atoms with Gasteiger partial charge in [0, 0.05) is 10.2 Å². The van der Waals surface area contributed by atoms with E-state index in [1.54, 1.807) is 18.2 Å². The molecular formula is C15H11BrN2O2. The highest BCUT2D eigenvalue weighted by Crippen LogP contribution is 2.25. The normalized spacial score (nSPS) is 13.6. The van der Waals surface area contributed by atoms with E-state index < -0.39 is 0 Å². The van der Waals surface area contributed by atoms with Gasteiger partial charge >= 0.3 is 0 Å². The smallest absolute Gasteiger partial charge is 0.263 e. The van der Waals surface area contributed by atoms with Crippen LogP contribution in [0, 0.1) is 0 Å². The Bertz CT molecular complexity index is 686. The van der Waals surface area contributed by atoms with Crippen LogP contribution in [0.15, 0.2) is 53.0 Å². The molecule has 4 nitrogen and oxygen atoms in total. The first-order valence-electron chi connectivity index (χ1n) is 6.11. The Hall–Kier alpha value is -2.14. The zero-order chi connectivity index (χ0) is 14.1. The zero-order valence-electron chi connectivity index (χ0n) is 10.5. The molecule has 1 heterocycles. The number of amides is 2. The van der Waals surface area contributed by atoms with Crippen LogP contribution in [0.4, 0.5) is 5.69 Å². The molecule has 0 radical (unpaired) electrons. The van der Waals surface area contributed by atoms with E-state index in [1.165, 1.54) is 4.90 Å². The molecule has 0 saturated heterocycles. The summed E-state index contributed by atoms with van der Waals surface area (Å²) in [5.74, 6) is -0.532. The van der Waals surface area contributed by atoms with Gasteiger partial charge in [-0.1, -0.05) is 34.1 Å². The molecule has 0 spiro atoms. The van der Waals surface area contributed by atoms with E-state index in [2.05, 4.69) is 21.2 Å². The van der Waals surface area contributed by atoms with Crippen molar-refractivity contribution in [3.63, 3.8) is 0 Å². The molecule has 0 atom stereocenters. The molecule has 2 aromatic rings. The van der Waals surface area contributed by atoms with Gasteiger partial charge in [0.25, 0.3) is 11.8 Å². The summed E-state index contributed by atoms with van der Waals surface area (Å²) in [4.78, 5) is 25.6. The van der Waals surface area contributed by atoms with Gasteiger partial charge in [-0.25, -0.2) is 0 Å². The number of fused-ring (bicyclic) bond motifs is 1. The van der Waals surface area contributed by atoms with Crippen LogP contribution in [0.25, 0.3) is 0 Å². The number of rotatable bonds is 3. The lowest BCUT2D eigenvalue weighted by atomic mass is 10.1. The van der Waals surface area contributed by atoms with Crippen LogP contribution < -0.4 is 5.32 Å². The Labute approximate surface area is 124 Å². The maximum atomic E-state index is 12.2. The van der Waals surface area contributed by atoms with Crippen LogP contribution in [0.3, 0.4) is 0 Å². The van der Waals surface area contributed by atoms with Gasteiger partial charge in [-0.2, -0.15) is 0 Å². The number of nitrogens with one attached hydrogen (secondary N) is 1. The summed E-state index contributed by atoms with van der Waals surface area (Å²) < 4.78 is 0.787. The van der Waals surface area contributed by atoms with E-state index in [-0.39, 0.29) is 18.5 Å². The van der Waals surface area contributed by atoms with Gasteiger partial charge < -0.3 is 5.32 Å². The van der Waals surface area contributed by atoms with Crippen molar-refractivity contribution in [2.45, 2.75) is 0 Å². The highest BCUT2D eigenvalue weighted by atomic mass is 79.9. The van der Waals surface area contributed by atoms with E-state index >= 15 is 0 Å². The maximum Gasteiger partial charge on any atom is 0.263 e. The van der Waals surface area contributed by atoms with Gasteiger partial charge in [-0.3, -0.25) is 14.5 Å². The van der Waals surface area contributed by atoms with Crippen LogP contribution in [-0.4, -0.2) is 23.4 Å². The number of halogens is 1. The summed E-state index contributed by atoms with van der Waals surface area (Å²) in [6.45, 7) is 0.161. The number of nitrogens with zero attached hydrogens (tertiary/aromatic N) is 1. The Kier molecular flexibility index (Phi) is 3.28. The molecule has 20 heavy (non-hydrogen) atoms. The number of imide groups is 1. The quantitative estimate of drug-likeness (QED) is 0.879. The highest BCUT2D eigenvalue weighted by molar-refractivity contribution is 9.10. The predicted octanol–water partition coefficient (Wildman–Crippen LogP) is 3.11. The van der Waals surface area contributed by atoms with Crippen molar-refractivity contribution in [3.05, 3.63) is 64.1 Å². The minimum Gasteiger partial charge on any atom is -0.367 e. The topological polar surface area (TPSA) is 49.4 Å². The minimum atomic E-state index is -0.269. The van der Waals surface area contributed by atoms with Gasteiger partial charge in [0.1, 0.15) is 0 Å². The molecule has 1 aliphatic heterocycles. The SMILES string of the molecule is O=C1c2ccc(Br)cc2C(=O)N1CNc1ccccc1. The molecule has 0 bridgehead atoms. The van der Waals surface area contributed by atoms with Crippen LogP contribution in [0.5, 0.6) is 0 Å². The first-order chi connectivity index (χ1) is 9.66. The van der Waals surface area contributed by atoms with Crippen LogP contribution in [0.2, 0.25) is 0 Å². The minimum absolute atomic E-state index is 0.161. The molecular weight excluding hydrogens is 320 g/mol. The van der Waals surface area contributed by atoms with Gasteiger partial charge in [0.05, 0.1) is 17.8 Å². The molecule has 0 aliphatic carbocycles. The summed E-state index contributed by atoms with van der Waals surface area (Å²) >= 11 is 3.31. The van der Waals surface area contributed by atoms with Crippen molar-refractivity contribution >= 4 is 33.4 Å². The molecule has 2 amide bonds. The number of carbonyl (C=O) groups is 2. The molecule has 2 aromatic carbocycles. The van der Waals surface area contributed by atoms with E-state index in [9.17, 15) is 9.59 Å². The Balaban J connectivity index is 1.80. The number of anilines is 1. The third-order valence-electron chi connectivity index (χ3n) is 3.15. The summed E-state index contributed by atoms with van der Waals surface area (Å²) in [5, 5.41) is 3.07. The lowest BCUT2D eigenvalue weighted by Gasteiger charge is -2.15. The lowest BCUT2D eigenvalue weighted by Crippen LogP contribution is -2.34. The summed E-state index contributed by atoms with van der Waals surface area (Å²) in [7, 11) is 0. The van der Waals surface area contributed by atoms with E-state index in [0.29, 0.717) is 11.1 Å². The Morgan fingerprint density at radius 1 is 0.950 bits per heavy atom. The number of benzene rings is 2. The van der Waals surface area contributed by atoms with Crippen molar-refractivity contribution < 1.29 is 9.59 Å². The fraction of sp³-hybridized carbons (Fsp3) is 0.0667. The summed E-state index contributed by atoms with van der Waals surface area (Å²) in [6.07, 6.45) is 0. The summed E-state index contributed by atoms with van der Waals surface area (Å²) in [6, 6.07) is 14.6. The van der Waals surface area contributed by atoms with Gasteiger partial charge in [-0.15, -0.1) is 0 Å². The van der Waals surface area contributed by atoms with Crippen molar-refractivity contribution in [2.75, 3.05) is 12.0 Å². The number of para-hydroxylation sites is 1. The van der Waals surface area contributed by atoms with E-state index in [4.69, 9.17) is 0 Å². The maximum absolute atomic E-state index is 12.2. The Morgan fingerprint density at radius 2 is 1.65 bits per heavy atom. The largest absolute Gasteiger partial charge is 0.367 e. The Morgan fingerprint density at radius 3 is 2.40 bits per heavy atom. The monoisotopic (exact) mass is 330 g/mol. The third kappa shape index (κ3) is 2.20. The van der Waals surface area contributed by atoms with Crippen LogP contribution >= 0.6 is 15.9 Å². The standard InChI is InChI=1S/C15H11BrN2O2/c16-10-6-7-12-13(8-10)15(20)18(14(12)19)9-17-11-4-2-1-3-5-11/h1-8,17H,9H2. The van der Waals surface area contributed by atoms with Crippen molar-refractivity contribution in [3.8, 4) is 0 Å². The number of hydrogen-bond acceptors (Lipinski definition) is 3. The van der Waals surface area contributed by atoms with Gasteiger partial charge in [-0.05, 0) is 30.3 Å². The molecule has 5 heteroatoms. The van der Waals surface area contributed by atoms with Crippen molar-refractivity contribution in [2.24, 2.45) is 0 Å². The fourth-order valence-corrected chi connectivity index (χ4v) is 2.49. The lowest BCUT2D eigenvalue weighted by molar-refractivity contribution is 0.0666. The second-order valence-electron chi connectivity index (χ2n) is 4.43. The highest BCUT2D eigenvalue weighted by Gasteiger charge is 2.35. The molecule has 0 fully saturated rings. The van der Waals surface area contributed by atoms with E-state index in [0.717, 1.165) is 10.2 Å². The molecule has 3 rings (SSSR count). The molecule has 100 valence electrons. The fourth-order valence-electron chi connectivity index (χ4n) is 2.13. The van der Waals surface area contributed by atoms with Crippen LogP contribution in [-0.2, 0) is 0 Å². The second kappa shape index (κ2) is 5.09. The first-order valence-corrected chi connectivity index (χ1v) is 6.91. The zero-order valence-corrected chi connectivity index (χ0v) is 12.1.